The van der Waals surface area contributed by atoms with E-state index >= 15 is 0 Å². The Labute approximate surface area is 102 Å². The van der Waals surface area contributed by atoms with Crippen LogP contribution in [0.5, 0.6) is 0 Å². The second-order valence-electron chi connectivity index (χ2n) is 3.03. The lowest BCUT2D eigenvalue weighted by molar-refractivity contribution is 0.123. The smallest absolute Gasteiger partial charge is 0.0738 e. The largest absolute Gasteiger partial charge is 0.396 e. The summed E-state index contributed by atoms with van der Waals surface area (Å²) in [6.07, 6.45) is 3.45. The third-order valence-corrected chi connectivity index (χ3v) is 2.18. The minimum absolute atomic E-state index is 0. The van der Waals surface area contributed by atoms with Gasteiger partial charge in [-0.25, -0.2) is 0 Å². The molecule has 2 heterocycles. The molecule has 0 bridgehead atoms. The number of hydrogen-bond acceptors (Lipinski definition) is 4. The van der Waals surface area contributed by atoms with Crippen molar-refractivity contribution in [3.05, 3.63) is 18.5 Å². The molecule has 2 N–H and O–H groups in total. The van der Waals surface area contributed by atoms with E-state index in [2.05, 4.69) is 9.88 Å². The maximum absolute atomic E-state index is 5.81. The molecule has 1 aromatic rings. The average Bonchev–Trinajstić information content (AvgIpc) is 2.20. The maximum Gasteiger partial charge on any atom is 0.0738 e. The standard InChI is InChI=1S/C9H13N3O.2ClH/c10-8-7-11-2-1-9(8)12-3-5-13-6-4-12;;/h1-2,7H,3-6,10H2;2*1H. The van der Waals surface area contributed by atoms with E-state index in [1.807, 2.05) is 6.07 Å². The number of halogens is 2. The van der Waals surface area contributed by atoms with Crippen molar-refractivity contribution in [1.29, 1.82) is 0 Å². The highest BCUT2D eigenvalue weighted by molar-refractivity contribution is 5.85. The molecule has 1 aliphatic heterocycles. The van der Waals surface area contributed by atoms with E-state index in [4.69, 9.17) is 10.5 Å². The summed E-state index contributed by atoms with van der Waals surface area (Å²) in [4.78, 5) is 6.18. The predicted octanol–water partition coefficient (Wildman–Crippen LogP) is 1.34. The van der Waals surface area contributed by atoms with Crippen molar-refractivity contribution in [3.8, 4) is 0 Å². The molecule has 1 aromatic heterocycles. The van der Waals surface area contributed by atoms with Crippen LogP contribution in [0.2, 0.25) is 0 Å². The number of ether oxygens (including phenoxy) is 1. The topological polar surface area (TPSA) is 51.4 Å². The van der Waals surface area contributed by atoms with Crippen LogP contribution in [0.1, 0.15) is 0 Å². The number of aromatic nitrogens is 1. The van der Waals surface area contributed by atoms with E-state index in [9.17, 15) is 0 Å². The third kappa shape index (κ3) is 3.41. The van der Waals surface area contributed by atoms with Gasteiger partial charge in [0.25, 0.3) is 0 Å². The normalized spacial score (nSPS) is 15.1. The number of nitrogens with zero attached hydrogens (tertiary/aromatic N) is 2. The van der Waals surface area contributed by atoms with E-state index in [1.165, 1.54) is 0 Å². The van der Waals surface area contributed by atoms with Gasteiger partial charge in [0.15, 0.2) is 0 Å². The average molecular weight is 252 g/mol. The van der Waals surface area contributed by atoms with Crippen LogP contribution in [0, 0.1) is 0 Å². The van der Waals surface area contributed by atoms with E-state index in [1.54, 1.807) is 12.4 Å². The Morgan fingerprint density at radius 3 is 2.53 bits per heavy atom. The summed E-state index contributed by atoms with van der Waals surface area (Å²) < 4.78 is 5.26. The zero-order chi connectivity index (χ0) is 9.10. The molecule has 1 aliphatic rings. The first-order valence-electron chi connectivity index (χ1n) is 4.40. The van der Waals surface area contributed by atoms with Gasteiger partial charge in [0.05, 0.1) is 30.8 Å². The summed E-state index contributed by atoms with van der Waals surface area (Å²) in [5, 5.41) is 0. The number of nitrogens with two attached hydrogens (primary N) is 1. The highest BCUT2D eigenvalue weighted by atomic mass is 35.5. The molecule has 1 saturated heterocycles. The molecule has 0 radical (unpaired) electrons. The van der Waals surface area contributed by atoms with Crippen molar-refractivity contribution in [2.24, 2.45) is 0 Å². The van der Waals surface area contributed by atoms with Gasteiger partial charge in [-0.3, -0.25) is 4.98 Å². The predicted molar refractivity (Wildman–Crippen MR) is 66.2 cm³/mol. The van der Waals surface area contributed by atoms with Gasteiger partial charge in [0, 0.05) is 19.3 Å². The van der Waals surface area contributed by atoms with Gasteiger partial charge in [-0.2, -0.15) is 0 Å². The number of hydrogen-bond donors (Lipinski definition) is 1. The molecule has 0 amide bonds. The minimum atomic E-state index is 0. The van der Waals surface area contributed by atoms with Crippen LogP contribution in [-0.2, 0) is 4.74 Å². The van der Waals surface area contributed by atoms with Crippen LogP contribution in [-0.4, -0.2) is 31.3 Å². The van der Waals surface area contributed by atoms with Crippen LogP contribution in [0.15, 0.2) is 18.5 Å². The summed E-state index contributed by atoms with van der Waals surface area (Å²) in [6, 6.07) is 1.95. The lowest BCUT2D eigenvalue weighted by Crippen LogP contribution is -2.36. The van der Waals surface area contributed by atoms with Crippen molar-refractivity contribution in [2.45, 2.75) is 0 Å². The van der Waals surface area contributed by atoms with Gasteiger partial charge in [0.1, 0.15) is 0 Å². The van der Waals surface area contributed by atoms with Crippen molar-refractivity contribution < 1.29 is 4.74 Å². The van der Waals surface area contributed by atoms with Crippen LogP contribution in [0.4, 0.5) is 11.4 Å². The second-order valence-corrected chi connectivity index (χ2v) is 3.03. The van der Waals surface area contributed by atoms with Crippen LogP contribution < -0.4 is 10.6 Å². The van der Waals surface area contributed by atoms with Gasteiger partial charge in [-0.05, 0) is 6.07 Å². The number of morpholine rings is 1. The van der Waals surface area contributed by atoms with Crippen molar-refractivity contribution in [3.63, 3.8) is 0 Å². The Balaban J connectivity index is 0.000000980. The van der Waals surface area contributed by atoms with E-state index in [0.717, 1.165) is 37.7 Å². The molecule has 6 heteroatoms. The molecule has 2 rings (SSSR count). The molecule has 0 unspecified atom stereocenters. The minimum Gasteiger partial charge on any atom is -0.396 e. The van der Waals surface area contributed by atoms with Gasteiger partial charge in [-0.15, -0.1) is 24.8 Å². The molecule has 15 heavy (non-hydrogen) atoms. The summed E-state index contributed by atoms with van der Waals surface area (Å²) in [6.45, 7) is 3.38. The summed E-state index contributed by atoms with van der Waals surface area (Å²) >= 11 is 0. The van der Waals surface area contributed by atoms with E-state index < -0.39 is 0 Å². The highest BCUT2D eigenvalue weighted by Gasteiger charge is 2.12. The Bertz CT molecular complexity index is 292. The van der Waals surface area contributed by atoms with Crippen molar-refractivity contribution in [1.82, 2.24) is 4.98 Å². The number of anilines is 2. The van der Waals surface area contributed by atoms with Crippen LogP contribution >= 0.6 is 24.8 Å². The quantitative estimate of drug-likeness (QED) is 0.819. The van der Waals surface area contributed by atoms with Crippen molar-refractivity contribution in [2.75, 3.05) is 36.9 Å². The molecule has 4 nitrogen and oxygen atoms in total. The van der Waals surface area contributed by atoms with Gasteiger partial charge in [-0.1, -0.05) is 0 Å². The first-order chi connectivity index (χ1) is 6.38. The highest BCUT2D eigenvalue weighted by Crippen LogP contribution is 2.21. The van der Waals surface area contributed by atoms with Gasteiger partial charge < -0.3 is 15.4 Å². The maximum atomic E-state index is 5.81. The Hall–Kier alpha value is -0.710. The first-order valence-corrected chi connectivity index (χ1v) is 4.40. The SMILES string of the molecule is Cl.Cl.Nc1cnccc1N1CCOCC1. The molecule has 86 valence electrons. The van der Waals surface area contributed by atoms with Crippen LogP contribution in [0.25, 0.3) is 0 Å². The number of pyridine rings is 1. The summed E-state index contributed by atoms with van der Waals surface area (Å²) in [7, 11) is 0. The Morgan fingerprint density at radius 2 is 1.93 bits per heavy atom. The zero-order valence-electron chi connectivity index (χ0n) is 8.26. The lowest BCUT2D eigenvalue weighted by atomic mass is 10.3. The molecule has 0 spiro atoms. The zero-order valence-corrected chi connectivity index (χ0v) is 9.89. The second kappa shape index (κ2) is 6.71. The monoisotopic (exact) mass is 251 g/mol. The molecule has 0 aromatic carbocycles. The Kier molecular flexibility index (Phi) is 6.40. The molecule has 0 aliphatic carbocycles. The van der Waals surface area contributed by atoms with Crippen LogP contribution in [0.3, 0.4) is 0 Å². The molecular formula is C9H15Cl2N3O. The fraction of sp³-hybridized carbons (Fsp3) is 0.444. The fourth-order valence-corrected chi connectivity index (χ4v) is 1.49. The molecule has 1 fully saturated rings. The number of nitrogen functional groups attached to an aromatic ring is 1. The van der Waals surface area contributed by atoms with Gasteiger partial charge >= 0.3 is 0 Å². The molecule has 0 atom stereocenters. The third-order valence-electron chi connectivity index (χ3n) is 2.18. The van der Waals surface area contributed by atoms with Crippen molar-refractivity contribution >= 4 is 36.2 Å². The molecular weight excluding hydrogens is 237 g/mol. The fourth-order valence-electron chi connectivity index (χ4n) is 1.49. The Morgan fingerprint density at radius 1 is 1.27 bits per heavy atom. The lowest BCUT2D eigenvalue weighted by Gasteiger charge is -2.29. The first kappa shape index (κ1) is 14.3. The number of rotatable bonds is 1. The summed E-state index contributed by atoms with van der Waals surface area (Å²) in [5.41, 5.74) is 7.61. The van der Waals surface area contributed by atoms with Gasteiger partial charge in [0.2, 0.25) is 0 Å². The van der Waals surface area contributed by atoms with E-state index in [0.29, 0.717) is 0 Å². The van der Waals surface area contributed by atoms with E-state index in [-0.39, 0.29) is 24.8 Å². The summed E-state index contributed by atoms with van der Waals surface area (Å²) in [5.74, 6) is 0. The molecule has 0 saturated carbocycles.